The minimum Gasteiger partial charge on any atom is -0.311 e. The molecule has 0 amide bonds. The number of halogens is 1. The average molecular weight is 357 g/mol. The topological polar surface area (TPSA) is 15.3 Å². The van der Waals surface area contributed by atoms with E-state index in [0.29, 0.717) is 12.1 Å². The second kappa shape index (κ2) is 7.82. The van der Waals surface area contributed by atoms with Crippen molar-refractivity contribution in [2.45, 2.75) is 58.0 Å². The molecule has 26 heavy (non-hydrogen) atoms. The maximum absolute atomic E-state index is 13.5. The molecule has 1 aromatic rings. The van der Waals surface area contributed by atoms with Gasteiger partial charge in [-0.15, -0.1) is 0 Å². The SMILES string of the molecule is CC(C)C1CC=C(C(c2ccc(F)cc2)N2CCNC(C3CC3)C2)CC1. The van der Waals surface area contributed by atoms with Crippen LogP contribution in [0.15, 0.2) is 35.9 Å². The third-order valence-electron chi connectivity index (χ3n) is 6.76. The fourth-order valence-corrected chi connectivity index (χ4v) is 4.88. The summed E-state index contributed by atoms with van der Waals surface area (Å²) in [5, 5.41) is 3.73. The molecular formula is C23H33FN2. The van der Waals surface area contributed by atoms with E-state index in [2.05, 4.69) is 30.1 Å². The van der Waals surface area contributed by atoms with E-state index in [4.69, 9.17) is 0 Å². The summed E-state index contributed by atoms with van der Waals surface area (Å²) in [6.07, 6.45) is 8.94. The Bertz CT molecular complexity index is 632. The van der Waals surface area contributed by atoms with Crippen molar-refractivity contribution in [3.63, 3.8) is 0 Å². The zero-order chi connectivity index (χ0) is 18.1. The maximum atomic E-state index is 13.5. The number of rotatable bonds is 5. The van der Waals surface area contributed by atoms with Crippen molar-refractivity contribution in [1.29, 1.82) is 0 Å². The van der Waals surface area contributed by atoms with Crippen LogP contribution in [0, 0.1) is 23.6 Å². The monoisotopic (exact) mass is 356 g/mol. The van der Waals surface area contributed by atoms with Gasteiger partial charge in [0.05, 0.1) is 6.04 Å². The highest BCUT2D eigenvalue weighted by Gasteiger charge is 2.37. The van der Waals surface area contributed by atoms with Crippen LogP contribution in [0.5, 0.6) is 0 Å². The third-order valence-corrected chi connectivity index (χ3v) is 6.76. The molecule has 1 saturated carbocycles. The molecule has 1 aliphatic heterocycles. The largest absolute Gasteiger partial charge is 0.311 e. The van der Waals surface area contributed by atoms with Gasteiger partial charge in [0.1, 0.15) is 5.82 Å². The van der Waals surface area contributed by atoms with Crippen LogP contribution in [0.4, 0.5) is 4.39 Å². The minimum atomic E-state index is -0.138. The highest BCUT2D eigenvalue weighted by molar-refractivity contribution is 5.30. The van der Waals surface area contributed by atoms with Crippen LogP contribution >= 0.6 is 0 Å². The molecule has 0 aromatic heterocycles. The van der Waals surface area contributed by atoms with Gasteiger partial charge >= 0.3 is 0 Å². The van der Waals surface area contributed by atoms with E-state index in [1.807, 2.05) is 12.1 Å². The summed E-state index contributed by atoms with van der Waals surface area (Å²) in [6.45, 7) is 7.96. The molecule has 1 heterocycles. The fraction of sp³-hybridized carbons (Fsp3) is 0.652. The van der Waals surface area contributed by atoms with E-state index in [-0.39, 0.29) is 5.82 Å². The lowest BCUT2D eigenvalue weighted by Crippen LogP contribution is -2.52. The van der Waals surface area contributed by atoms with Crippen molar-refractivity contribution in [3.05, 3.63) is 47.3 Å². The van der Waals surface area contributed by atoms with Crippen LogP contribution in [-0.2, 0) is 0 Å². The number of allylic oxidation sites excluding steroid dienone is 1. The number of hydrogen-bond acceptors (Lipinski definition) is 2. The highest BCUT2D eigenvalue weighted by Crippen LogP contribution is 2.40. The summed E-state index contributed by atoms with van der Waals surface area (Å²) >= 11 is 0. The smallest absolute Gasteiger partial charge is 0.123 e. The average Bonchev–Trinajstić information content (AvgIpc) is 3.50. The first-order valence-electron chi connectivity index (χ1n) is 10.5. The lowest BCUT2D eigenvalue weighted by Gasteiger charge is -2.41. The standard InChI is InChI=1S/C23H33FN2/c1-16(2)17-3-7-19(8-4-17)23(20-9-11-21(24)12-10-20)26-14-13-25-22(15-26)18-5-6-18/h7,9-12,16-18,22-23,25H,3-6,8,13-15H2,1-2H3. The van der Waals surface area contributed by atoms with Gasteiger partial charge in [0.25, 0.3) is 0 Å². The van der Waals surface area contributed by atoms with Crippen molar-refractivity contribution >= 4 is 0 Å². The van der Waals surface area contributed by atoms with Crippen molar-refractivity contribution in [3.8, 4) is 0 Å². The molecule has 2 aliphatic carbocycles. The second-order valence-electron chi connectivity index (χ2n) is 8.90. The highest BCUT2D eigenvalue weighted by atomic mass is 19.1. The Morgan fingerprint density at radius 1 is 1.12 bits per heavy atom. The minimum absolute atomic E-state index is 0.138. The molecule has 0 spiro atoms. The summed E-state index contributed by atoms with van der Waals surface area (Å²) in [5.74, 6) is 2.31. The van der Waals surface area contributed by atoms with E-state index < -0.39 is 0 Å². The summed E-state index contributed by atoms with van der Waals surface area (Å²) < 4.78 is 13.5. The van der Waals surface area contributed by atoms with Gasteiger partial charge in [-0.3, -0.25) is 4.90 Å². The van der Waals surface area contributed by atoms with Crippen LogP contribution in [0.2, 0.25) is 0 Å². The zero-order valence-electron chi connectivity index (χ0n) is 16.3. The quantitative estimate of drug-likeness (QED) is 0.752. The lowest BCUT2D eigenvalue weighted by atomic mass is 9.79. The molecule has 2 nitrogen and oxygen atoms in total. The van der Waals surface area contributed by atoms with Crippen LogP contribution in [-0.4, -0.2) is 30.6 Å². The summed E-state index contributed by atoms with van der Waals surface area (Å²) in [4.78, 5) is 2.66. The molecular weight excluding hydrogens is 323 g/mol. The Hall–Kier alpha value is -1.19. The fourth-order valence-electron chi connectivity index (χ4n) is 4.88. The Balaban J connectivity index is 1.58. The molecule has 3 aliphatic rings. The molecule has 1 saturated heterocycles. The number of piperazine rings is 1. The van der Waals surface area contributed by atoms with E-state index >= 15 is 0 Å². The molecule has 3 atom stereocenters. The predicted octanol–water partition coefficient (Wildman–Crippen LogP) is 4.93. The first-order chi connectivity index (χ1) is 12.6. The van der Waals surface area contributed by atoms with Crippen molar-refractivity contribution < 1.29 is 4.39 Å². The molecule has 1 aromatic carbocycles. The first-order valence-corrected chi connectivity index (χ1v) is 10.5. The molecule has 0 radical (unpaired) electrons. The van der Waals surface area contributed by atoms with Gasteiger partial charge in [-0.05, 0) is 67.6 Å². The summed E-state index contributed by atoms with van der Waals surface area (Å²) in [6, 6.07) is 8.23. The Morgan fingerprint density at radius 2 is 1.88 bits per heavy atom. The molecule has 4 rings (SSSR count). The first kappa shape index (κ1) is 18.2. The van der Waals surface area contributed by atoms with E-state index in [1.54, 1.807) is 17.7 Å². The Morgan fingerprint density at radius 3 is 2.50 bits per heavy atom. The van der Waals surface area contributed by atoms with E-state index in [1.165, 1.54) is 37.7 Å². The number of nitrogens with one attached hydrogen (secondary N) is 1. The number of nitrogens with zero attached hydrogens (tertiary/aromatic N) is 1. The van der Waals surface area contributed by atoms with Crippen LogP contribution in [0.1, 0.15) is 57.6 Å². The summed E-state index contributed by atoms with van der Waals surface area (Å²) in [7, 11) is 0. The van der Waals surface area contributed by atoms with Crippen molar-refractivity contribution in [1.82, 2.24) is 10.2 Å². The van der Waals surface area contributed by atoms with Gasteiger partial charge in [-0.25, -0.2) is 4.39 Å². The van der Waals surface area contributed by atoms with Gasteiger partial charge in [0, 0.05) is 25.7 Å². The second-order valence-corrected chi connectivity index (χ2v) is 8.90. The molecule has 3 heteroatoms. The van der Waals surface area contributed by atoms with E-state index in [9.17, 15) is 4.39 Å². The van der Waals surface area contributed by atoms with Gasteiger partial charge in [-0.2, -0.15) is 0 Å². The van der Waals surface area contributed by atoms with Gasteiger partial charge in [0.15, 0.2) is 0 Å². The molecule has 3 unspecified atom stereocenters. The van der Waals surface area contributed by atoms with Gasteiger partial charge in [-0.1, -0.05) is 37.6 Å². The van der Waals surface area contributed by atoms with Crippen molar-refractivity contribution in [2.24, 2.45) is 17.8 Å². The third kappa shape index (κ3) is 4.04. The van der Waals surface area contributed by atoms with Crippen LogP contribution < -0.4 is 5.32 Å². The zero-order valence-corrected chi connectivity index (χ0v) is 16.3. The Labute approximate surface area is 157 Å². The van der Waals surface area contributed by atoms with Crippen molar-refractivity contribution in [2.75, 3.05) is 19.6 Å². The lowest BCUT2D eigenvalue weighted by molar-refractivity contribution is 0.148. The normalized spacial score (nSPS) is 28.8. The number of hydrogen-bond donors (Lipinski definition) is 1. The van der Waals surface area contributed by atoms with E-state index in [0.717, 1.165) is 37.4 Å². The summed E-state index contributed by atoms with van der Waals surface area (Å²) in [5.41, 5.74) is 2.82. The predicted molar refractivity (Wildman–Crippen MR) is 105 cm³/mol. The van der Waals surface area contributed by atoms with Gasteiger partial charge in [0.2, 0.25) is 0 Å². The number of benzene rings is 1. The maximum Gasteiger partial charge on any atom is 0.123 e. The molecule has 142 valence electrons. The Kier molecular flexibility index (Phi) is 5.47. The molecule has 0 bridgehead atoms. The van der Waals surface area contributed by atoms with Crippen LogP contribution in [0.25, 0.3) is 0 Å². The van der Waals surface area contributed by atoms with Gasteiger partial charge < -0.3 is 5.32 Å². The molecule has 1 N–H and O–H groups in total. The molecule has 2 fully saturated rings. The van der Waals surface area contributed by atoms with Crippen LogP contribution in [0.3, 0.4) is 0 Å².